The average Bonchev–Trinajstić information content (AvgIpc) is 2.51. The van der Waals surface area contributed by atoms with Gasteiger partial charge in [0.1, 0.15) is 0 Å². The predicted octanol–water partition coefficient (Wildman–Crippen LogP) is 4.06. The number of hydrogen-bond acceptors (Lipinski definition) is 2. The van der Waals surface area contributed by atoms with Crippen molar-refractivity contribution in [3.63, 3.8) is 0 Å². The van der Waals surface area contributed by atoms with Gasteiger partial charge in [-0.3, -0.25) is 0 Å². The lowest BCUT2D eigenvalue weighted by Crippen LogP contribution is -2.28. The van der Waals surface area contributed by atoms with Crippen LogP contribution >= 0.6 is 0 Å². The van der Waals surface area contributed by atoms with Crippen LogP contribution in [0.25, 0.3) is 0 Å². The zero-order valence-electron chi connectivity index (χ0n) is 13.2. The van der Waals surface area contributed by atoms with Crippen LogP contribution in [0.15, 0.2) is 54.6 Å². The molecule has 0 radical (unpaired) electrons. The second-order valence-corrected chi connectivity index (χ2v) is 5.63. The molecule has 0 aromatic heterocycles. The van der Waals surface area contributed by atoms with E-state index in [0.29, 0.717) is 0 Å². The topological polar surface area (TPSA) is 40.5 Å². The van der Waals surface area contributed by atoms with Crippen molar-refractivity contribution < 1.29 is 10.2 Å². The molecule has 0 spiro atoms. The highest BCUT2D eigenvalue weighted by Crippen LogP contribution is 2.29. The molecule has 0 bridgehead atoms. The van der Waals surface area contributed by atoms with E-state index < -0.39 is 6.10 Å². The molecular formula is C19H28O2. The van der Waals surface area contributed by atoms with Gasteiger partial charge in [-0.05, 0) is 25.3 Å². The van der Waals surface area contributed by atoms with E-state index in [1.54, 1.807) is 0 Å². The minimum Gasteiger partial charge on any atom is -0.396 e. The van der Waals surface area contributed by atoms with E-state index in [-0.39, 0.29) is 18.4 Å². The highest BCUT2D eigenvalue weighted by molar-refractivity contribution is 5.25. The second kappa shape index (κ2) is 9.54. The normalized spacial score (nSPS) is 16.3. The van der Waals surface area contributed by atoms with Crippen LogP contribution in [0.4, 0.5) is 0 Å². The third kappa shape index (κ3) is 5.49. The molecule has 116 valence electrons. The quantitative estimate of drug-likeness (QED) is 0.673. The Morgan fingerprint density at radius 3 is 2.48 bits per heavy atom. The number of unbranched alkanes of at least 4 members (excludes halogenated alkanes) is 1. The molecule has 2 nitrogen and oxygen atoms in total. The molecule has 0 aliphatic heterocycles. The van der Waals surface area contributed by atoms with Crippen LogP contribution in [-0.4, -0.2) is 22.9 Å². The third-order valence-electron chi connectivity index (χ3n) is 3.93. The number of hydrogen-bond donors (Lipinski definition) is 2. The van der Waals surface area contributed by atoms with Gasteiger partial charge in [-0.2, -0.15) is 0 Å². The van der Waals surface area contributed by atoms with Crippen LogP contribution in [0, 0.1) is 5.92 Å². The van der Waals surface area contributed by atoms with Gasteiger partial charge in [-0.25, -0.2) is 0 Å². The summed E-state index contributed by atoms with van der Waals surface area (Å²) in [6, 6.07) is 9.91. The predicted molar refractivity (Wildman–Crippen MR) is 89.2 cm³/mol. The number of benzene rings is 1. The standard InChI is InChI=1S/C19H28O2/c1-4-6-10-15(3)13-19(21)18(14-20)17(5-2)16-11-8-7-9-12-16/h5,7-9,11-13,17-21H,2,4,6,10,14H2,1,3H3/b15-13+/t17-,18-,19-/m0/s1. The SMILES string of the molecule is C=C[C@@H](c1ccccc1)[C@H](CO)[C@@H](O)/C=C(\C)CCCC. The summed E-state index contributed by atoms with van der Waals surface area (Å²) in [7, 11) is 0. The molecule has 0 saturated carbocycles. The molecule has 0 amide bonds. The number of allylic oxidation sites excluding steroid dienone is 2. The first-order valence-corrected chi connectivity index (χ1v) is 7.77. The average molecular weight is 288 g/mol. The summed E-state index contributed by atoms with van der Waals surface area (Å²) in [6.07, 6.45) is 6.31. The van der Waals surface area contributed by atoms with Crippen molar-refractivity contribution in [2.24, 2.45) is 5.92 Å². The number of aliphatic hydroxyl groups is 2. The Balaban J connectivity index is 2.86. The van der Waals surface area contributed by atoms with Gasteiger partial charge in [0.25, 0.3) is 0 Å². The molecule has 2 N–H and O–H groups in total. The van der Waals surface area contributed by atoms with Gasteiger partial charge in [-0.15, -0.1) is 6.58 Å². The van der Waals surface area contributed by atoms with Gasteiger partial charge in [0.2, 0.25) is 0 Å². The van der Waals surface area contributed by atoms with Crippen LogP contribution in [-0.2, 0) is 0 Å². The Hall–Kier alpha value is -1.38. The molecule has 0 unspecified atom stereocenters. The molecule has 0 heterocycles. The van der Waals surface area contributed by atoms with Gasteiger partial charge in [0.05, 0.1) is 6.10 Å². The molecule has 1 aromatic rings. The van der Waals surface area contributed by atoms with Crippen LogP contribution in [0.3, 0.4) is 0 Å². The first kappa shape index (κ1) is 17.7. The van der Waals surface area contributed by atoms with E-state index in [1.165, 1.54) is 5.57 Å². The van der Waals surface area contributed by atoms with Crippen molar-refractivity contribution in [1.82, 2.24) is 0 Å². The monoisotopic (exact) mass is 288 g/mol. The summed E-state index contributed by atoms with van der Waals surface area (Å²) >= 11 is 0. The van der Waals surface area contributed by atoms with Gasteiger partial charge >= 0.3 is 0 Å². The van der Waals surface area contributed by atoms with Crippen molar-refractivity contribution in [1.29, 1.82) is 0 Å². The van der Waals surface area contributed by atoms with Crippen molar-refractivity contribution in [3.8, 4) is 0 Å². The highest BCUT2D eigenvalue weighted by Gasteiger charge is 2.25. The molecule has 3 atom stereocenters. The maximum atomic E-state index is 10.5. The van der Waals surface area contributed by atoms with Gasteiger partial charge in [0, 0.05) is 18.4 Å². The molecule has 21 heavy (non-hydrogen) atoms. The van der Waals surface area contributed by atoms with E-state index in [4.69, 9.17) is 0 Å². The van der Waals surface area contributed by atoms with Gasteiger partial charge < -0.3 is 10.2 Å². The Morgan fingerprint density at radius 1 is 1.29 bits per heavy atom. The zero-order valence-corrected chi connectivity index (χ0v) is 13.2. The minimum absolute atomic E-state index is 0.0542. The fourth-order valence-electron chi connectivity index (χ4n) is 2.62. The van der Waals surface area contributed by atoms with Crippen molar-refractivity contribution in [2.45, 2.75) is 45.1 Å². The lowest BCUT2D eigenvalue weighted by Gasteiger charge is -2.26. The number of rotatable bonds is 9. The fraction of sp³-hybridized carbons (Fsp3) is 0.474. The fourth-order valence-corrected chi connectivity index (χ4v) is 2.62. The Bertz CT molecular complexity index is 436. The smallest absolute Gasteiger partial charge is 0.0782 e. The Kier molecular flexibility index (Phi) is 8.03. The maximum absolute atomic E-state index is 10.5. The maximum Gasteiger partial charge on any atom is 0.0782 e. The van der Waals surface area contributed by atoms with Crippen LogP contribution in [0.5, 0.6) is 0 Å². The van der Waals surface area contributed by atoms with Crippen molar-refractivity contribution in [3.05, 3.63) is 60.2 Å². The summed E-state index contributed by atoms with van der Waals surface area (Å²) in [5.41, 5.74) is 2.25. The van der Waals surface area contributed by atoms with E-state index in [2.05, 4.69) is 13.5 Å². The molecule has 0 saturated heterocycles. The molecule has 0 fully saturated rings. The van der Waals surface area contributed by atoms with E-state index in [0.717, 1.165) is 24.8 Å². The summed E-state index contributed by atoms with van der Waals surface area (Å²) in [6.45, 7) is 8.01. The number of aliphatic hydroxyl groups excluding tert-OH is 2. The summed E-state index contributed by atoms with van der Waals surface area (Å²) < 4.78 is 0. The second-order valence-electron chi connectivity index (χ2n) is 5.63. The molecule has 1 rings (SSSR count). The van der Waals surface area contributed by atoms with Crippen LogP contribution in [0.1, 0.15) is 44.6 Å². The highest BCUT2D eigenvalue weighted by atomic mass is 16.3. The van der Waals surface area contributed by atoms with Crippen molar-refractivity contribution in [2.75, 3.05) is 6.61 Å². The zero-order chi connectivity index (χ0) is 15.7. The molecule has 0 aliphatic rings. The molecular weight excluding hydrogens is 260 g/mol. The van der Waals surface area contributed by atoms with Crippen LogP contribution in [0.2, 0.25) is 0 Å². The summed E-state index contributed by atoms with van der Waals surface area (Å²) in [5, 5.41) is 20.2. The minimum atomic E-state index is -0.657. The van der Waals surface area contributed by atoms with Gasteiger partial charge in [0.15, 0.2) is 0 Å². The van der Waals surface area contributed by atoms with E-state index in [1.807, 2.05) is 49.4 Å². The summed E-state index contributed by atoms with van der Waals surface area (Å²) in [4.78, 5) is 0. The van der Waals surface area contributed by atoms with Gasteiger partial charge in [-0.1, -0.05) is 61.4 Å². The van der Waals surface area contributed by atoms with E-state index >= 15 is 0 Å². The van der Waals surface area contributed by atoms with Crippen molar-refractivity contribution >= 4 is 0 Å². The largest absolute Gasteiger partial charge is 0.396 e. The molecule has 1 aromatic carbocycles. The lowest BCUT2D eigenvalue weighted by atomic mass is 9.82. The Morgan fingerprint density at radius 2 is 1.95 bits per heavy atom. The first-order valence-electron chi connectivity index (χ1n) is 7.77. The van der Waals surface area contributed by atoms with E-state index in [9.17, 15) is 10.2 Å². The van der Waals surface area contributed by atoms with Crippen LogP contribution < -0.4 is 0 Å². The third-order valence-corrected chi connectivity index (χ3v) is 3.93. The summed E-state index contributed by atoms with van der Waals surface area (Å²) in [5.74, 6) is -0.317. The lowest BCUT2D eigenvalue weighted by molar-refractivity contribution is 0.0912. The first-order chi connectivity index (χ1) is 10.1. The molecule has 0 aliphatic carbocycles. The molecule has 2 heteroatoms. The Labute approximate surface area is 128 Å².